The maximum Gasteiger partial charge on any atom is 0.257 e. The van der Waals surface area contributed by atoms with E-state index in [0.717, 1.165) is 28.1 Å². The second-order valence-electron chi connectivity index (χ2n) is 6.38. The second kappa shape index (κ2) is 7.74. The topological polar surface area (TPSA) is 53.8 Å². The van der Waals surface area contributed by atoms with Crippen LogP contribution >= 0.6 is 0 Å². The minimum absolute atomic E-state index is 0.202. The standard InChI is InChI=1S/C22H21N3O/c1-15-7-10-18(11-8-15)23-22(26)20-12-9-17(3)14-21(20)25-24-19-6-4-5-16(2)13-19/h4-14H,1-3H3,(H,23,26). The second-order valence-corrected chi connectivity index (χ2v) is 6.38. The number of rotatable bonds is 4. The molecule has 0 saturated carbocycles. The van der Waals surface area contributed by atoms with Gasteiger partial charge in [-0.2, -0.15) is 5.11 Å². The Kier molecular flexibility index (Phi) is 5.23. The highest BCUT2D eigenvalue weighted by Gasteiger charge is 2.12. The molecule has 0 atom stereocenters. The van der Waals surface area contributed by atoms with Crippen molar-refractivity contribution in [2.75, 3.05) is 5.32 Å². The van der Waals surface area contributed by atoms with Gasteiger partial charge in [0.25, 0.3) is 5.91 Å². The van der Waals surface area contributed by atoms with Crippen LogP contribution in [0, 0.1) is 20.8 Å². The van der Waals surface area contributed by atoms with Crippen LogP contribution < -0.4 is 5.32 Å². The zero-order valence-electron chi connectivity index (χ0n) is 15.2. The van der Waals surface area contributed by atoms with Crippen LogP contribution in [0.2, 0.25) is 0 Å². The molecule has 0 spiro atoms. The Labute approximate surface area is 153 Å². The molecule has 0 heterocycles. The van der Waals surface area contributed by atoms with E-state index in [0.29, 0.717) is 11.3 Å². The fraction of sp³-hybridized carbons (Fsp3) is 0.136. The quantitative estimate of drug-likeness (QED) is 0.557. The van der Waals surface area contributed by atoms with Gasteiger partial charge in [0.15, 0.2) is 0 Å². The van der Waals surface area contributed by atoms with Gasteiger partial charge in [0.1, 0.15) is 0 Å². The van der Waals surface area contributed by atoms with Crippen molar-refractivity contribution in [2.24, 2.45) is 10.2 Å². The number of amides is 1. The molecule has 4 heteroatoms. The first-order valence-electron chi connectivity index (χ1n) is 8.48. The van der Waals surface area contributed by atoms with Crippen molar-refractivity contribution in [2.45, 2.75) is 20.8 Å². The van der Waals surface area contributed by atoms with Crippen molar-refractivity contribution < 1.29 is 4.79 Å². The zero-order chi connectivity index (χ0) is 18.5. The molecule has 4 nitrogen and oxygen atoms in total. The molecular weight excluding hydrogens is 322 g/mol. The highest BCUT2D eigenvalue weighted by atomic mass is 16.1. The lowest BCUT2D eigenvalue weighted by atomic mass is 10.1. The normalized spacial score (nSPS) is 10.9. The van der Waals surface area contributed by atoms with Gasteiger partial charge in [0.2, 0.25) is 0 Å². The lowest BCUT2D eigenvalue weighted by Gasteiger charge is -2.08. The molecule has 1 amide bonds. The number of azo groups is 1. The number of nitrogens with one attached hydrogen (secondary N) is 1. The van der Waals surface area contributed by atoms with Crippen LogP contribution in [0.3, 0.4) is 0 Å². The number of nitrogens with zero attached hydrogens (tertiary/aromatic N) is 2. The van der Waals surface area contributed by atoms with E-state index in [1.807, 2.05) is 81.4 Å². The SMILES string of the molecule is Cc1ccc(NC(=O)c2ccc(C)cc2N=Nc2cccc(C)c2)cc1. The minimum atomic E-state index is -0.202. The number of carbonyl (C=O) groups excluding carboxylic acids is 1. The Morgan fingerprint density at radius 3 is 2.19 bits per heavy atom. The molecule has 0 aliphatic carbocycles. The molecule has 3 rings (SSSR count). The monoisotopic (exact) mass is 343 g/mol. The maximum absolute atomic E-state index is 12.7. The summed E-state index contributed by atoms with van der Waals surface area (Å²) >= 11 is 0. The van der Waals surface area contributed by atoms with E-state index in [-0.39, 0.29) is 5.91 Å². The lowest BCUT2D eigenvalue weighted by Crippen LogP contribution is -2.12. The first-order valence-corrected chi connectivity index (χ1v) is 8.48. The largest absolute Gasteiger partial charge is 0.322 e. The fourth-order valence-electron chi connectivity index (χ4n) is 2.55. The highest BCUT2D eigenvalue weighted by Crippen LogP contribution is 2.25. The van der Waals surface area contributed by atoms with E-state index in [9.17, 15) is 4.79 Å². The van der Waals surface area contributed by atoms with Crippen molar-refractivity contribution in [3.63, 3.8) is 0 Å². The first kappa shape index (κ1) is 17.5. The molecule has 0 unspecified atom stereocenters. The van der Waals surface area contributed by atoms with Crippen molar-refractivity contribution >= 4 is 23.0 Å². The third-order valence-corrected chi connectivity index (χ3v) is 3.98. The van der Waals surface area contributed by atoms with Gasteiger partial charge in [-0.25, -0.2) is 0 Å². The Hall–Kier alpha value is -3.27. The van der Waals surface area contributed by atoms with E-state index in [4.69, 9.17) is 0 Å². The Morgan fingerprint density at radius 2 is 1.46 bits per heavy atom. The van der Waals surface area contributed by atoms with Crippen LogP contribution in [-0.4, -0.2) is 5.91 Å². The minimum Gasteiger partial charge on any atom is -0.322 e. The summed E-state index contributed by atoms with van der Waals surface area (Å²) in [6.07, 6.45) is 0. The van der Waals surface area contributed by atoms with Gasteiger partial charge in [0.05, 0.1) is 16.9 Å². The lowest BCUT2D eigenvalue weighted by molar-refractivity contribution is 0.102. The molecule has 1 N–H and O–H groups in total. The molecule has 130 valence electrons. The summed E-state index contributed by atoms with van der Waals surface area (Å²) < 4.78 is 0. The molecule has 0 aromatic heterocycles. The summed E-state index contributed by atoms with van der Waals surface area (Å²) in [5.41, 5.74) is 5.84. The van der Waals surface area contributed by atoms with E-state index in [1.54, 1.807) is 6.07 Å². The smallest absolute Gasteiger partial charge is 0.257 e. The molecule has 0 bridgehead atoms. The van der Waals surface area contributed by atoms with Gasteiger partial charge < -0.3 is 5.32 Å². The predicted molar refractivity (Wildman–Crippen MR) is 106 cm³/mol. The summed E-state index contributed by atoms with van der Waals surface area (Å²) in [5.74, 6) is -0.202. The summed E-state index contributed by atoms with van der Waals surface area (Å²) in [5, 5.41) is 11.5. The predicted octanol–water partition coefficient (Wildman–Crippen LogP) is 6.28. The number of anilines is 1. The molecular formula is C22H21N3O. The van der Waals surface area contributed by atoms with Crippen LogP contribution in [-0.2, 0) is 0 Å². The Balaban J connectivity index is 1.87. The van der Waals surface area contributed by atoms with Gasteiger partial charge in [-0.1, -0.05) is 35.9 Å². The van der Waals surface area contributed by atoms with E-state index in [2.05, 4.69) is 15.5 Å². The van der Waals surface area contributed by atoms with Gasteiger partial charge in [-0.3, -0.25) is 4.79 Å². The van der Waals surface area contributed by atoms with Crippen LogP contribution in [0.15, 0.2) is 77.0 Å². The molecule has 3 aromatic rings. The van der Waals surface area contributed by atoms with Gasteiger partial charge in [-0.05, 0) is 68.3 Å². The molecule has 0 aliphatic rings. The first-order chi connectivity index (χ1) is 12.5. The van der Waals surface area contributed by atoms with Crippen molar-refractivity contribution in [3.8, 4) is 0 Å². The molecule has 0 fully saturated rings. The number of hydrogen-bond acceptors (Lipinski definition) is 3. The molecule has 0 radical (unpaired) electrons. The Bertz CT molecular complexity index is 959. The average molecular weight is 343 g/mol. The summed E-state index contributed by atoms with van der Waals surface area (Å²) in [7, 11) is 0. The molecule has 0 aliphatic heterocycles. The molecule has 3 aromatic carbocycles. The number of benzene rings is 3. The van der Waals surface area contributed by atoms with E-state index < -0.39 is 0 Å². The van der Waals surface area contributed by atoms with Crippen molar-refractivity contribution in [1.29, 1.82) is 0 Å². The van der Waals surface area contributed by atoms with Gasteiger partial charge in [0, 0.05) is 5.69 Å². The van der Waals surface area contributed by atoms with Crippen molar-refractivity contribution in [3.05, 3.63) is 89.0 Å². The number of aryl methyl sites for hydroxylation is 3. The third kappa shape index (κ3) is 4.42. The molecule has 26 heavy (non-hydrogen) atoms. The Morgan fingerprint density at radius 1 is 0.769 bits per heavy atom. The number of hydrogen-bond donors (Lipinski definition) is 1. The van der Waals surface area contributed by atoms with Gasteiger partial charge in [-0.15, -0.1) is 5.11 Å². The summed E-state index contributed by atoms with van der Waals surface area (Å²) in [6.45, 7) is 5.98. The van der Waals surface area contributed by atoms with Crippen molar-refractivity contribution in [1.82, 2.24) is 0 Å². The summed E-state index contributed by atoms with van der Waals surface area (Å²) in [6, 6.07) is 21.0. The number of carbonyl (C=O) groups is 1. The van der Waals surface area contributed by atoms with Crippen LogP contribution in [0.5, 0.6) is 0 Å². The van der Waals surface area contributed by atoms with E-state index in [1.165, 1.54) is 0 Å². The maximum atomic E-state index is 12.7. The fourth-order valence-corrected chi connectivity index (χ4v) is 2.55. The van der Waals surface area contributed by atoms with Gasteiger partial charge >= 0.3 is 0 Å². The summed E-state index contributed by atoms with van der Waals surface area (Å²) in [4.78, 5) is 12.7. The molecule has 0 saturated heterocycles. The highest BCUT2D eigenvalue weighted by molar-refractivity contribution is 6.07. The van der Waals surface area contributed by atoms with Crippen LogP contribution in [0.1, 0.15) is 27.0 Å². The third-order valence-electron chi connectivity index (χ3n) is 3.98. The zero-order valence-corrected chi connectivity index (χ0v) is 15.2. The van der Waals surface area contributed by atoms with Crippen LogP contribution in [0.4, 0.5) is 17.1 Å². The average Bonchev–Trinajstić information content (AvgIpc) is 2.62. The van der Waals surface area contributed by atoms with E-state index >= 15 is 0 Å². The van der Waals surface area contributed by atoms with Crippen LogP contribution in [0.25, 0.3) is 0 Å².